The van der Waals surface area contributed by atoms with Crippen LogP contribution >= 0.6 is 11.5 Å². The minimum absolute atomic E-state index is 0.273. The number of aromatic nitrogens is 3. The molecule has 0 saturated carbocycles. The molecular formula is C17H16N4O2S. The van der Waals surface area contributed by atoms with E-state index in [9.17, 15) is 4.79 Å². The summed E-state index contributed by atoms with van der Waals surface area (Å²) in [6, 6.07) is 9.64. The number of rotatable bonds is 5. The number of nitrogens with zero attached hydrogens (tertiary/aromatic N) is 3. The van der Waals surface area contributed by atoms with E-state index >= 15 is 0 Å². The minimum Gasteiger partial charge on any atom is -0.438 e. The van der Waals surface area contributed by atoms with Crippen LogP contribution in [-0.4, -0.2) is 20.5 Å². The van der Waals surface area contributed by atoms with Crippen LogP contribution in [0.3, 0.4) is 0 Å². The Morgan fingerprint density at radius 3 is 2.71 bits per heavy atom. The molecule has 0 atom stereocenters. The molecule has 0 aliphatic rings. The maximum atomic E-state index is 12.0. The summed E-state index contributed by atoms with van der Waals surface area (Å²) in [6.07, 6.45) is 1.67. The van der Waals surface area contributed by atoms with Crippen molar-refractivity contribution in [3.05, 3.63) is 64.3 Å². The molecule has 0 saturated heterocycles. The van der Waals surface area contributed by atoms with Gasteiger partial charge in [0.1, 0.15) is 5.75 Å². The largest absolute Gasteiger partial charge is 0.438 e. The van der Waals surface area contributed by atoms with Crippen molar-refractivity contribution in [2.45, 2.75) is 20.4 Å². The Hall–Kier alpha value is -2.80. The van der Waals surface area contributed by atoms with Gasteiger partial charge in [-0.3, -0.25) is 4.79 Å². The van der Waals surface area contributed by atoms with Gasteiger partial charge in [-0.2, -0.15) is 0 Å². The topological polar surface area (TPSA) is 77.0 Å². The minimum atomic E-state index is -0.273. The van der Waals surface area contributed by atoms with E-state index < -0.39 is 0 Å². The molecule has 3 aromatic rings. The van der Waals surface area contributed by atoms with Crippen molar-refractivity contribution >= 4 is 17.4 Å². The molecule has 122 valence electrons. The molecule has 1 amide bonds. The Morgan fingerprint density at radius 1 is 1.21 bits per heavy atom. The number of para-hydroxylation sites is 1. The Bertz CT molecular complexity index is 829. The predicted octanol–water partition coefficient (Wildman–Crippen LogP) is 3.27. The third-order valence-corrected chi connectivity index (χ3v) is 3.99. The summed E-state index contributed by atoms with van der Waals surface area (Å²) in [4.78, 5) is 16.3. The first-order chi connectivity index (χ1) is 11.6. The second kappa shape index (κ2) is 7.18. The number of hydrogen-bond donors (Lipinski definition) is 1. The van der Waals surface area contributed by atoms with E-state index in [1.807, 2.05) is 44.2 Å². The van der Waals surface area contributed by atoms with Crippen LogP contribution in [0.2, 0.25) is 0 Å². The van der Waals surface area contributed by atoms with Gasteiger partial charge in [0.2, 0.25) is 5.88 Å². The lowest BCUT2D eigenvalue weighted by molar-refractivity contribution is 0.0945. The van der Waals surface area contributed by atoms with Crippen molar-refractivity contribution in [2.75, 3.05) is 0 Å². The summed E-state index contributed by atoms with van der Waals surface area (Å²) in [7, 11) is 0. The Kier molecular flexibility index (Phi) is 4.81. The van der Waals surface area contributed by atoms with E-state index in [-0.39, 0.29) is 5.91 Å². The fraction of sp³-hybridized carbons (Fsp3) is 0.176. The zero-order valence-electron chi connectivity index (χ0n) is 13.3. The van der Waals surface area contributed by atoms with E-state index in [2.05, 4.69) is 19.9 Å². The molecule has 0 bridgehead atoms. The third-order valence-electron chi connectivity index (χ3n) is 3.49. The number of nitrogens with one attached hydrogen (secondary N) is 1. The number of carbonyl (C=O) groups excluding carboxylic acids is 1. The van der Waals surface area contributed by atoms with Crippen LogP contribution in [0.4, 0.5) is 0 Å². The van der Waals surface area contributed by atoms with Gasteiger partial charge in [0.15, 0.2) is 5.69 Å². The third kappa shape index (κ3) is 3.57. The average molecular weight is 340 g/mol. The smallest absolute Gasteiger partial charge is 0.273 e. The molecule has 7 heteroatoms. The van der Waals surface area contributed by atoms with Crippen molar-refractivity contribution in [1.29, 1.82) is 0 Å². The zero-order valence-corrected chi connectivity index (χ0v) is 14.1. The Morgan fingerprint density at radius 2 is 2.00 bits per heavy atom. The average Bonchev–Trinajstić information content (AvgIpc) is 3.12. The molecule has 0 spiro atoms. The molecule has 2 aromatic heterocycles. The highest BCUT2D eigenvalue weighted by Gasteiger charge is 2.13. The molecule has 2 heterocycles. The molecule has 1 aromatic carbocycles. The van der Waals surface area contributed by atoms with Gasteiger partial charge in [-0.05, 0) is 42.6 Å². The van der Waals surface area contributed by atoms with Gasteiger partial charge in [-0.15, -0.1) is 5.10 Å². The number of aryl methyl sites for hydroxylation is 2. The van der Waals surface area contributed by atoms with E-state index in [1.54, 1.807) is 11.6 Å². The second-order valence-corrected chi connectivity index (χ2v) is 5.87. The highest BCUT2D eigenvalue weighted by atomic mass is 32.1. The summed E-state index contributed by atoms with van der Waals surface area (Å²) >= 11 is 1.14. The molecular weight excluding hydrogens is 324 g/mol. The maximum absolute atomic E-state index is 12.0. The number of carbonyl (C=O) groups is 1. The van der Waals surface area contributed by atoms with Crippen LogP contribution in [0.15, 0.2) is 41.9 Å². The van der Waals surface area contributed by atoms with Gasteiger partial charge < -0.3 is 10.1 Å². The van der Waals surface area contributed by atoms with Crippen LogP contribution < -0.4 is 10.1 Å². The highest BCUT2D eigenvalue weighted by molar-refractivity contribution is 7.03. The van der Waals surface area contributed by atoms with Crippen molar-refractivity contribution in [3.63, 3.8) is 0 Å². The summed E-state index contributed by atoms with van der Waals surface area (Å²) in [5, 5.41) is 8.16. The molecule has 0 fully saturated rings. The van der Waals surface area contributed by atoms with Crippen LogP contribution in [0, 0.1) is 13.8 Å². The van der Waals surface area contributed by atoms with E-state index in [0.717, 1.165) is 34.0 Å². The van der Waals surface area contributed by atoms with E-state index in [4.69, 9.17) is 4.74 Å². The first-order valence-corrected chi connectivity index (χ1v) is 8.22. The summed E-state index contributed by atoms with van der Waals surface area (Å²) in [6.45, 7) is 4.27. The lowest BCUT2D eigenvalue weighted by Gasteiger charge is -2.14. The van der Waals surface area contributed by atoms with Crippen LogP contribution in [0.1, 0.15) is 27.2 Å². The lowest BCUT2D eigenvalue weighted by atomic mass is 10.1. The quantitative estimate of drug-likeness (QED) is 0.771. The standard InChI is InChI=1S/C17H16N4O2S/c1-11-5-3-6-12(2)15(11)23-17-13(7-4-8-18-17)9-19-16(22)14-10-24-21-20-14/h3-8,10H,9H2,1-2H3,(H,19,22). The van der Waals surface area contributed by atoms with Gasteiger partial charge in [0.05, 0.1) is 0 Å². The molecule has 0 aliphatic carbocycles. The van der Waals surface area contributed by atoms with Crippen LogP contribution in [0.5, 0.6) is 11.6 Å². The van der Waals surface area contributed by atoms with Crippen molar-refractivity contribution < 1.29 is 9.53 Å². The summed E-state index contributed by atoms with van der Waals surface area (Å²) in [5.74, 6) is 0.990. The van der Waals surface area contributed by atoms with Gasteiger partial charge in [-0.25, -0.2) is 4.98 Å². The SMILES string of the molecule is Cc1cccc(C)c1Oc1ncccc1CNC(=O)c1csnn1. The molecule has 0 unspecified atom stereocenters. The molecule has 0 aliphatic heterocycles. The number of ether oxygens (including phenoxy) is 1. The van der Waals surface area contributed by atoms with Crippen LogP contribution in [-0.2, 0) is 6.54 Å². The lowest BCUT2D eigenvalue weighted by Crippen LogP contribution is -2.23. The van der Waals surface area contributed by atoms with Crippen molar-refractivity contribution in [2.24, 2.45) is 0 Å². The maximum Gasteiger partial charge on any atom is 0.273 e. The Labute approximate surface area is 143 Å². The Balaban J connectivity index is 1.77. The number of benzene rings is 1. The molecule has 24 heavy (non-hydrogen) atoms. The number of amides is 1. The monoisotopic (exact) mass is 340 g/mol. The molecule has 6 nitrogen and oxygen atoms in total. The van der Waals surface area contributed by atoms with Gasteiger partial charge in [0.25, 0.3) is 5.91 Å². The predicted molar refractivity (Wildman–Crippen MR) is 91.3 cm³/mol. The van der Waals surface area contributed by atoms with Gasteiger partial charge >= 0.3 is 0 Å². The van der Waals surface area contributed by atoms with E-state index in [1.165, 1.54) is 0 Å². The molecule has 1 N–H and O–H groups in total. The second-order valence-electron chi connectivity index (χ2n) is 5.26. The van der Waals surface area contributed by atoms with Gasteiger partial charge in [0, 0.05) is 23.7 Å². The fourth-order valence-corrected chi connectivity index (χ4v) is 2.67. The normalized spacial score (nSPS) is 10.4. The highest BCUT2D eigenvalue weighted by Crippen LogP contribution is 2.29. The van der Waals surface area contributed by atoms with E-state index in [0.29, 0.717) is 18.1 Å². The summed E-state index contributed by atoms with van der Waals surface area (Å²) < 4.78 is 9.69. The zero-order chi connectivity index (χ0) is 16.9. The fourth-order valence-electron chi connectivity index (χ4n) is 2.24. The first-order valence-electron chi connectivity index (χ1n) is 7.38. The van der Waals surface area contributed by atoms with Gasteiger partial charge in [-0.1, -0.05) is 28.8 Å². The van der Waals surface area contributed by atoms with Crippen molar-refractivity contribution in [1.82, 2.24) is 19.9 Å². The summed E-state index contributed by atoms with van der Waals surface area (Å²) in [5.41, 5.74) is 3.16. The molecule has 3 rings (SSSR count). The number of hydrogen-bond acceptors (Lipinski definition) is 6. The molecule has 0 radical (unpaired) electrons. The van der Waals surface area contributed by atoms with Crippen LogP contribution in [0.25, 0.3) is 0 Å². The first kappa shape index (κ1) is 16.1. The number of pyridine rings is 1. The van der Waals surface area contributed by atoms with Crippen molar-refractivity contribution in [3.8, 4) is 11.6 Å².